The second-order valence-corrected chi connectivity index (χ2v) is 9.60. The van der Waals surface area contributed by atoms with E-state index in [0.717, 1.165) is 31.4 Å². The Balaban J connectivity index is 1.87. The Labute approximate surface area is 189 Å². The van der Waals surface area contributed by atoms with Gasteiger partial charge in [0, 0.05) is 12.5 Å². The summed E-state index contributed by atoms with van der Waals surface area (Å²) >= 11 is 0. The van der Waals surface area contributed by atoms with Crippen molar-refractivity contribution in [2.24, 2.45) is 17.8 Å². The molecule has 0 aromatic rings. The van der Waals surface area contributed by atoms with Crippen molar-refractivity contribution in [2.75, 3.05) is 6.54 Å². The fraction of sp³-hybridized carbons (Fsp3) is 0.654. The quantitative estimate of drug-likeness (QED) is 0.513. The van der Waals surface area contributed by atoms with Gasteiger partial charge in [0.1, 0.15) is 0 Å². The van der Waals surface area contributed by atoms with Gasteiger partial charge < -0.3 is 5.11 Å². The molecule has 2 fully saturated rings. The first kappa shape index (κ1) is 24.6. The molecule has 1 saturated carbocycles. The highest BCUT2D eigenvalue weighted by molar-refractivity contribution is 5.67. The van der Waals surface area contributed by atoms with Gasteiger partial charge in [-0.2, -0.15) is 13.2 Å². The molecule has 0 aromatic heterocycles. The minimum Gasteiger partial charge on any atom is -0.481 e. The van der Waals surface area contributed by atoms with Gasteiger partial charge in [-0.05, 0) is 68.9 Å². The molecule has 6 heteroatoms. The predicted octanol–water partition coefficient (Wildman–Crippen LogP) is 6.13. The Morgan fingerprint density at radius 1 is 1.28 bits per heavy atom. The number of hydrogen-bond donors (Lipinski definition) is 1. The van der Waals surface area contributed by atoms with Crippen LogP contribution >= 0.6 is 0 Å². The number of hydrogen-bond acceptors (Lipinski definition) is 2. The average Bonchev–Trinajstić information content (AvgIpc) is 2.74. The molecule has 0 aromatic carbocycles. The van der Waals surface area contributed by atoms with Gasteiger partial charge in [-0.1, -0.05) is 55.9 Å². The van der Waals surface area contributed by atoms with Crippen molar-refractivity contribution in [2.45, 2.75) is 83.0 Å². The van der Waals surface area contributed by atoms with Crippen molar-refractivity contribution in [3.63, 3.8) is 0 Å². The van der Waals surface area contributed by atoms with Gasteiger partial charge in [-0.25, -0.2) is 0 Å². The van der Waals surface area contributed by atoms with Crippen molar-refractivity contribution in [1.82, 2.24) is 4.90 Å². The molecule has 0 spiro atoms. The SMILES string of the molecule is C=C(C)C#C[C@@H](C1CCCCC1)N1CC[C@H](CC(=O)O)C[C@@H]1C1C=CC(C(F)(F)F)=CC1. The van der Waals surface area contributed by atoms with E-state index < -0.39 is 17.7 Å². The van der Waals surface area contributed by atoms with Gasteiger partial charge in [0.2, 0.25) is 0 Å². The number of nitrogens with zero attached hydrogens (tertiary/aromatic N) is 1. The number of likely N-dealkylation sites (tertiary alicyclic amines) is 1. The fourth-order valence-corrected chi connectivity index (χ4v) is 5.54. The molecule has 0 radical (unpaired) electrons. The van der Waals surface area contributed by atoms with E-state index in [9.17, 15) is 23.1 Å². The first-order valence-electron chi connectivity index (χ1n) is 11.7. The summed E-state index contributed by atoms with van der Waals surface area (Å²) in [6, 6.07) is 0.0194. The van der Waals surface area contributed by atoms with Crippen LogP contribution in [0.25, 0.3) is 0 Å². The Hall–Kier alpha value is -2.00. The molecule has 4 atom stereocenters. The molecular formula is C26H34F3NO2. The molecule has 1 heterocycles. The van der Waals surface area contributed by atoms with E-state index in [4.69, 9.17) is 0 Å². The van der Waals surface area contributed by atoms with Gasteiger partial charge in [0.25, 0.3) is 0 Å². The van der Waals surface area contributed by atoms with E-state index in [1.54, 1.807) is 6.08 Å². The lowest BCUT2D eigenvalue weighted by atomic mass is 9.76. The van der Waals surface area contributed by atoms with Crippen LogP contribution in [-0.2, 0) is 4.79 Å². The second kappa shape index (κ2) is 10.7. The molecule has 1 aliphatic heterocycles. The maximum absolute atomic E-state index is 13.1. The fourth-order valence-electron chi connectivity index (χ4n) is 5.54. The number of carboxylic acid groups (broad SMARTS) is 1. The van der Waals surface area contributed by atoms with Crippen molar-refractivity contribution in [3.8, 4) is 11.8 Å². The number of alkyl halides is 3. The van der Waals surface area contributed by atoms with Gasteiger partial charge in [-0.3, -0.25) is 9.69 Å². The lowest BCUT2D eigenvalue weighted by Gasteiger charge is -2.47. The van der Waals surface area contributed by atoms with Crippen LogP contribution in [0.4, 0.5) is 13.2 Å². The molecule has 3 nitrogen and oxygen atoms in total. The second-order valence-electron chi connectivity index (χ2n) is 9.60. The van der Waals surface area contributed by atoms with E-state index in [1.165, 1.54) is 31.4 Å². The van der Waals surface area contributed by atoms with E-state index in [1.807, 2.05) is 6.92 Å². The third-order valence-corrected chi connectivity index (χ3v) is 7.10. The molecule has 32 heavy (non-hydrogen) atoms. The summed E-state index contributed by atoms with van der Waals surface area (Å²) < 4.78 is 39.4. The minimum atomic E-state index is -4.34. The topological polar surface area (TPSA) is 40.5 Å². The summed E-state index contributed by atoms with van der Waals surface area (Å²) in [7, 11) is 0. The highest BCUT2D eigenvalue weighted by Gasteiger charge is 2.41. The lowest BCUT2D eigenvalue weighted by molar-refractivity contribution is -0.138. The zero-order valence-electron chi connectivity index (χ0n) is 18.8. The summed E-state index contributed by atoms with van der Waals surface area (Å²) in [4.78, 5) is 13.7. The first-order valence-corrected chi connectivity index (χ1v) is 11.7. The summed E-state index contributed by atoms with van der Waals surface area (Å²) in [5.41, 5.74) is 0.211. The molecule has 0 bridgehead atoms. The van der Waals surface area contributed by atoms with Crippen LogP contribution in [0.5, 0.6) is 0 Å². The Kier molecular flexibility index (Phi) is 8.27. The van der Waals surface area contributed by atoms with Crippen LogP contribution in [0, 0.1) is 29.6 Å². The molecule has 3 aliphatic rings. The van der Waals surface area contributed by atoms with Crippen LogP contribution in [-0.4, -0.2) is 40.8 Å². The molecule has 1 saturated heterocycles. The van der Waals surface area contributed by atoms with E-state index in [2.05, 4.69) is 23.3 Å². The van der Waals surface area contributed by atoms with Gasteiger partial charge in [0.05, 0.1) is 11.6 Å². The van der Waals surface area contributed by atoms with Gasteiger partial charge in [0.15, 0.2) is 0 Å². The molecule has 2 aliphatic carbocycles. The van der Waals surface area contributed by atoms with Crippen LogP contribution in [0.1, 0.15) is 64.7 Å². The smallest absolute Gasteiger partial charge is 0.416 e. The first-order chi connectivity index (χ1) is 15.1. The van der Waals surface area contributed by atoms with Crippen molar-refractivity contribution in [1.29, 1.82) is 0 Å². The number of halogens is 3. The van der Waals surface area contributed by atoms with E-state index >= 15 is 0 Å². The molecule has 1 unspecified atom stereocenters. The van der Waals surface area contributed by atoms with Crippen LogP contribution < -0.4 is 0 Å². The van der Waals surface area contributed by atoms with Crippen molar-refractivity contribution < 1.29 is 23.1 Å². The van der Waals surface area contributed by atoms with E-state index in [0.29, 0.717) is 18.8 Å². The Morgan fingerprint density at radius 2 is 2.00 bits per heavy atom. The number of aliphatic carboxylic acids is 1. The molecular weight excluding hydrogens is 415 g/mol. The maximum atomic E-state index is 13.1. The van der Waals surface area contributed by atoms with Gasteiger partial charge in [-0.15, -0.1) is 0 Å². The van der Waals surface area contributed by atoms with Crippen LogP contribution in [0.15, 0.2) is 36.0 Å². The molecule has 176 valence electrons. The van der Waals surface area contributed by atoms with Crippen molar-refractivity contribution >= 4 is 5.97 Å². The monoisotopic (exact) mass is 449 g/mol. The lowest BCUT2D eigenvalue weighted by Crippen LogP contribution is -2.53. The number of piperidine rings is 1. The zero-order chi connectivity index (χ0) is 23.3. The number of carboxylic acids is 1. The van der Waals surface area contributed by atoms with Gasteiger partial charge >= 0.3 is 12.1 Å². The average molecular weight is 450 g/mol. The largest absolute Gasteiger partial charge is 0.481 e. The third-order valence-electron chi connectivity index (χ3n) is 7.10. The van der Waals surface area contributed by atoms with Crippen molar-refractivity contribution in [3.05, 3.63) is 36.0 Å². The number of allylic oxidation sites excluding steroid dienone is 4. The normalized spacial score (nSPS) is 28.4. The molecule has 0 amide bonds. The Bertz CT molecular complexity index is 811. The highest BCUT2D eigenvalue weighted by Crippen LogP contribution is 2.40. The number of carbonyl (C=O) groups is 1. The summed E-state index contributed by atoms with van der Waals surface area (Å²) in [5, 5.41) is 9.32. The summed E-state index contributed by atoms with van der Waals surface area (Å²) in [5.74, 6) is 6.22. The standard InChI is InChI=1S/C26H34F3NO2/c1-18(2)8-13-23(20-6-4-3-5-7-20)30-15-14-19(17-25(31)32)16-24(30)21-9-11-22(12-10-21)26(27,28)29/h9,11-12,19-21,23-24H,1,3-7,10,14-17H2,2H3,(H,31,32)/t19-,21?,23-,24+/m0/s1. The minimum absolute atomic E-state index is 0.0123. The van der Waals surface area contributed by atoms with Crippen LogP contribution in [0.2, 0.25) is 0 Å². The number of rotatable bonds is 5. The summed E-state index contributed by atoms with van der Waals surface area (Å²) in [6.45, 7) is 6.53. The molecule has 3 rings (SSSR count). The predicted molar refractivity (Wildman–Crippen MR) is 120 cm³/mol. The van der Waals surface area contributed by atoms with E-state index in [-0.39, 0.29) is 30.3 Å². The molecule has 1 N–H and O–H groups in total. The third kappa shape index (κ3) is 6.51. The highest BCUT2D eigenvalue weighted by atomic mass is 19.4. The van der Waals surface area contributed by atoms with Crippen LogP contribution in [0.3, 0.4) is 0 Å². The zero-order valence-corrected chi connectivity index (χ0v) is 18.8. The maximum Gasteiger partial charge on any atom is 0.416 e. The summed E-state index contributed by atoms with van der Waals surface area (Å²) in [6.07, 6.45) is 7.52. The Morgan fingerprint density at radius 3 is 2.56 bits per heavy atom.